The van der Waals surface area contributed by atoms with Crippen molar-refractivity contribution in [2.75, 3.05) is 13.1 Å². The maximum Gasteiger partial charge on any atom is 0.416 e. The molecular formula is C12H10F6N2O. The van der Waals surface area contributed by atoms with E-state index in [4.69, 9.17) is 0 Å². The molecule has 1 fully saturated rings. The third kappa shape index (κ3) is 3.59. The fourth-order valence-corrected chi connectivity index (χ4v) is 1.99. The molecule has 1 aliphatic rings. The molecule has 1 heterocycles. The van der Waals surface area contributed by atoms with Crippen molar-refractivity contribution in [3.05, 3.63) is 34.9 Å². The van der Waals surface area contributed by atoms with E-state index in [9.17, 15) is 31.1 Å². The Bertz CT molecular complexity index is 519. The van der Waals surface area contributed by atoms with Crippen molar-refractivity contribution in [2.45, 2.75) is 18.9 Å². The van der Waals surface area contributed by atoms with Gasteiger partial charge in [-0.3, -0.25) is 0 Å². The molecule has 0 unspecified atom stereocenters. The Balaban J connectivity index is 2.38. The van der Waals surface area contributed by atoms with Crippen molar-refractivity contribution < 1.29 is 31.1 Å². The highest BCUT2D eigenvalue weighted by atomic mass is 19.4. The smallest absolute Gasteiger partial charge is 0.336 e. The zero-order valence-corrected chi connectivity index (χ0v) is 10.5. The lowest BCUT2D eigenvalue weighted by Crippen LogP contribution is -2.27. The average Bonchev–Trinajstić information content (AvgIpc) is 2.72. The van der Waals surface area contributed by atoms with Crippen LogP contribution in [0, 0.1) is 0 Å². The third-order valence-corrected chi connectivity index (χ3v) is 2.97. The van der Waals surface area contributed by atoms with Crippen LogP contribution in [0.2, 0.25) is 0 Å². The van der Waals surface area contributed by atoms with Gasteiger partial charge in [0.15, 0.2) is 0 Å². The van der Waals surface area contributed by atoms with Crippen LogP contribution < -0.4 is 5.32 Å². The second kappa shape index (κ2) is 5.12. The van der Waals surface area contributed by atoms with Gasteiger partial charge in [-0.25, -0.2) is 4.79 Å². The highest BCUT2D eigenvalue weighted by Crippen LogP contribution is 2.36. The molecule has 0 atom stereocenters. The van der Waals surface area contributed by atoms with E-state index in [1.807, 2.05) is 0 Å². The number of urea groups is 1. The molecule has 1 aromatic carbocycles. The number of carbonyl (C=O) groups excluding carboxylic acids is 1. The molecule has 21 heavy (non-hydrogen) atoms. The molecule has 0 saturated carbocycles. The lowest BCUT2D eigenvalue weighted by atomic mass is 10.0. The molecule has 0 radical (unpaired) electrons. The SMILES string of the molecule is O=C1NCCN1Cc1cc(C(F)(F)F)cc(C(F)(F)F)c1. The van der Waals surface area contributed by atoms with Crippen LogP contribution in [-0.2, 0) is 18.9 Å². The minimum atomic E-state index is -4.89. The Labute approximate surface area is 115 Å². The van der Waals surface area contributed by atoms with Gasteiger partial charge in [-0.05, 0) is 23.8 Å². The summed E-state index contributed by atoms with van der Waals surface area (Å²) in [5.41, 5.74) is -2.98. The average molecular weight is 312 g/mol. The Morgan fingerprint density at radius 3 is 1.90 bits per heavy atom. The standard InChI is InChI=1S/C12H10F6N2O/c13-11(14,15)8-3-7(4-9(5-8)12(16,17)18)6-20-2-1-19-10(20)21/h3-5H,1-2,6H2,(H,19,21). The van der Waals surface area contributed by atoms with E-state index in [1.54, 1.807) is 0 Å². The lowest BCUT2D eigenvalue weighted by molar-refractivity contribution is -0.143. The van der Waals surface area contributed by atoms with Gasteiger partial charge in [0.2, 0.25) is 0 Å². The molecule has 3 nitrogen and oxygen atoms in total. The molecule has 0 spiro atoms. The highest BCUT2D eigenvalue weighted by molar-refractivity contribution is 5.76. The van der Waals surface area contributed by atoms with Crippen molar-refractivity contribution in [1.29, 1.82) is 0 Å². The Morgan fingerprint density at radius 1 is 1.00 bits per heavy atom. The summed E-state index contributed by atoms with van der Waals surface area (Å²) in [4.78, 5) is 12.5. The van der Waals surface area contributed by atoms with Crippen LogP contribution in [-0.4, -0.2) is 24.0 Å². The summed E-state index contributed by atoms with van der Waals surface area (Å²) in [7, 11) is 0. The molecule has 9 heteroatoms. The maximum atomic E-state index is 12.7. The van der Waals surface area contributed by atoms with Gasteiger partial charge in [0.25, 0.3) is 0 Å². The first kappa shape index (κ1) is 15.5. The summed E-state index contributed by atoms with van der Waals surface area (Å²) in [5, 5.41) is 2.42. The van der Waals surface area contributed by atoms with Crippen molar-refractivity contribution in [2.24, 2.45) is 0 Å². The van der Waals surface area contributed by atoms with E-state index in [1.165, 1.54) is 0 Å². The fraction of sp³-hybridized carbons (Fsp3) is 0.417. The summed E-state index contributed by atoms with van der Waals surface area (Å²) < 4.78 is 76.0. The normalized spacial score (nSPS) is 16.3. The van der Waals surface area contributed by atoms with Gasteiger partial charge in [0.1, 0.15) is 0 Å². The van der Waals surface area contributed by atoms with Crippen LogP contribution in [0.5, 0.6) is 0 Å². The molecule has 2 amide bonds. The summed E-state index contributed by atoms with van der Waals surface area (Å²) >= 11 is 0. The zero-order chi connectivity index (χ0) is 15.8. The molecule has 1 N–H and O–H groups in total. The summed E-state index contributed by atoms with van der Waals surface area (Å²) in [6.45, 7) is 0.235. The zero-order valence-electron chi connectivity index (χ0n) is 10.5. The van der Waals surface area contributed by atoms with Gasteiger partial charge in [0, 0.05) is 19.6 Å². The van der Waals surface area contributed by atoms with E-state index < -0.39 is 29.5 Å². The second-order valence-electron chi connectivity index (χ2n) is 4.57. The lowest BCUT2D eigenvalue weighted by Gasteiger charge is -2.18. The molecule has 116 valence electrons. The first-order valence-electron chi connectivity index (χ1n) is 5.88. The summed E-state index contributed by atoms with van der Waals surface area (Å²) in [6.07, 6.45) is -9.77. The van der Waals surface area contributed by atoms with Crippen LogP contribution in [0.4, 0.5) is 31.1 Å². The van der Waals surface area contributed by atoms with E-state index >= 15 is 0 Å². The van der Waals surface area contributed by atoms with Crippen molar-refractivity contribution >= 4 is 6.03 Å². The Kier molecular flexibility index (Phi) is 3.77. The van der Waals surface area contributed by atoms with Crippen LogP contribution in [0.25, 0.3) is 0 Å². The molecule has 0 aromatic heterocycles. The number of halogens is 6. The number of alkyl halides is 6. The predicted octanol–water partition coefficient (Wildman–Crippen LogP) is 3.25. The van der Waals surface area contributed by atoms with Crippen molar-refractivity contribution in [3.8, 4) is 0 Å². The molecule has 1 saturated heterocycles. The molecule has 0 aliphatic carbocycles. The molecular weight excluding hydrogens is 302 g/mol. The largest absolute Gasteiger partial charge is 0.416 e. The van der Waals surface area contributed by atoms with Gasteiger partial charge in [-0.2, -0.15) is 26.3 Å². The van der Waals surface area contributed by atoms with Crippen molar-refractivity contribution in [3.63, 3.8) is 0 Å². The number of benzene rings is 1. The first-order chi connectivity index (χ1) is 9.57. The quantitative estimate of drug-likeness (QED) is 0.835. The minimum absolute atomic E-state index is 0.0630. The summed E-state index contributed by atoms with van der Waals surface area (Å²) in [6, 6.07) is 0.802. The number of hydrogen-bond acceptors (Lipinski definition) is 1. The van der Waals surface area contributed by atoms with Crippen LogP contribution in [0.15, 0.2) is 18.2 Å². The van der Waals surface area contributed by atoms with Crippen LogP contribution in [0.1, 0.15) is 16.7 Å². The van der Waals surface area contributed by atoms with Gasteiger partial charge < -0.3 is 10.2 Å². The van der Waals surface area contributed by atoms with E-state index in [2.05, 4.69) is 5.32 Å². The monoisotopic (exact) mass is 312 g/mol. The number of nitrogens with one attached hydrogen (secondary N) is 1. The molecule has 1 aliphatic heterocycles. The number of nitrogens with zero attached hydrogens (tertiary/aromatic N) is 1. The third-order valence-electron chi connectivity index (χ3n) is 2.97. The maximum absolute atomic E-state index is 12.7. The van der Waals surface area contributed by atoms with Crippen molar-refractivity contribution in [1.82, 2.24) is 10.2 Å². The number of hydrogen-bond donors (Lipinski definition) is 1. The van der Waals surface area contributed by atoms with Gasteiger partial charge in [-0.15, -0.1) is 0 Å². The van der Waals surface area contributed by atoms with E-state index in [0.717, 1.165) is 4.90 Å². The minimum Gasteiger partial charge on any atom is -0.336 e. The number of carbonyl (C=O) groups is 1. The Morgan fingerprint density at radius 2 is 1.52 bits per heavy atom. The van der Waals surface area contributed by atoms with Gasteiger partial charge in [-0.1, -0.05) is 0 Å². The van der Waals surface area contributed by atoms with Crippen LogP contribution >= 0.6 is 0 Å². The molecule has 2 rings (SSSR count). The Hall–Kier alpha value is -1.93. The van der Waals surface area contributed by atoms with E-state index in [-0.39, 0.29) is 24.7 Å². The molecule has 0 bridgehead atoms. The number of rotatable bonds is 2. The van der Waals surface area contributed by atoms with Gasteiger partial charge >= 0.3 is 18.4 Å². The first-order valence-corrected chi connectivity index (χ1v) is 5.88. The second-order valence-corrected chi connectivity index (χ2v) is 4.57. The van der Waals surface area contributed by atoms with Crippen LogP contribution in [0.3, 0.4) is 0 Å². The van der Waals surface area contributed by atoms with Gasteiger partial charge in [0.05, 0.1) is 11.1 Å². The van der Waals surface area contributed by atoms with E-state index in [0.29, 0.717) is 18.7 Å². The highest BCUT2D eigenvalue weighted by Gasteiger charge is 2.37. The fourth-order valence-electron chi connectivity index (χ4n) is 1.99. The number of amides is 2. The molecule has 1 aromatic rings. The predicted molar refractivity (Wildman–Crippen MR) is 60.3 cm³/mol. The topological polar surface area (TPSA) is 32.3 Å². The summed E-state index contributed by atoms with van der Waals surface area (Å²) in [5.74, 6) is 0.